The summed E-state index contributed by atoms with van der Waals surface area (Å²) in [6, 6.07) is 15.7. The molecule has 0 unspecified atom stereocenters. The zero-order valence-corrected chi connectivity index (χ0v) is 20.9. The van der Waals surface area contributed by atoms with Crippen LogP contribution in [0.3, 0.4) is 0 Å². The van der Waals surface area contributed by atoms with Crippen molar-refractivity contribution in [3.8, 4) is 5.75 Å². The number of hydrogen-bond acceptors (Lipinski definition) is 14. The first-order chi connectivity index (χ1) is 18.6. The van der Waals surface area contributed by atoms with Crippen LogP contribution in [-0.2, 0) is 19.5 Å². The summed E-state index contributed by atoms with van der Waals surface area (Å²) in [6.07, 6.45) is 0. The number of phenols is 1. The fourth-order valence-electron chi connectivity index (χ4n) is 3.40. The molecule has 0 atom stereocenters. The van der Waals surface area contributed by atoms with E-state index in [-0.39, 0.29) is 32.7 Å². The number of non-ortho nitro benzene ring substituents is 1. The molecule has 200 valence electrons. The Balaban J connectivity index is 1.95. The monoisotopic (exact) mass is 572 g/mol. The van der Waals surface area contributed by atoms with Crippen molar-refractivity contribution in [2.45, 2.75) is 9.79 Å². The molecule has 0 amide bonds. The first kappa shape index (κ1) is 27.5. The van der Waals surface area contributed by atoms with Gasteiger partial charge in [-0.05, 0) is 35.7 Å². The van der Waals surface area contributed by atoms with Crippen molar-refractivity contribution in [3.63, 3.8) is 0 Å². The van der Waals surface area contributed by atoms with E-state index in [2.05, 4.69) is 29.8 Å². The van der Waals surface area contributed by atoms with Gasteiger partial charge >= 0.3 is 0 Å². The number of nitrogens with zero attached hydrogens (tertiary/aromatic N) is 5. The van der Waals surface area contributed by atoms with Gasteiger partial charge < -0.3 is 10.8 Å². The van der Waals surface area contributed by atoms with Crippen LogP contribution in [0.4, 0.5) is 34.1 Å². The summed E-state index contributed by atoms with van der Waals surface area (Å²) in [5.74, 6) is -0.581. The van der Waals surface area contributed by atoms with Crippen molar-refractivity contribution in [2.75, 3.05) is 5.73 Å². The summed E-state index contributed by atoms with van der Waals surface area (Å²) in [5, 5.41) is 49.9. The van der Waals surface area contributed by atoms with Crippen LogP contribution in [0.5, 0.6) is 5.75 Å². The van der Waals surface area contributed by atoms with E-state index in [1.807, 2.05) is 0 Å². The number of benzene rings is 4. The Kier molecular flexibility index (Phi) is 8.10. The summed E-state index contributed by atoms with van der Waals surface area (Å²) in [4.78, 5) is 9.64. The van der Waals surface area contributed by atoms with Crippen molar-refractivity contribution in [2.24, 2.45) is 20.5 Å². The Morgan fingerprint density at radius 2 is 1.59 bits per heavy atom. The van der Waals surface area contributed by atoms with E-state index in [0.717, 1.165) is 12.1 Å². The molecule has 4 aromatic carbocycles. The second-order valence-electron chi connectivity index (χ2n) is 7.52. The van der Waals surface area contributed by atoms with Crippen molar-refractivity contribution in [1.29, 1.82) is 0 Å². The second-order valence-corrected chi connectivity index (χ2v) is 9.65. The van der Waals surface area contributed by atoms with Crippen LogP contribution in [0, 0.1) is 10.1 Å². The Morgan fingerprint density at radius 1 is 0.923 bits per heavy atom. The minimum atomic E-state index is -4.94. The van der Waals surface area contributed by atoms with E-state index in [9.17, 15) is 28.2 Å². The number of nitrogens with two attached hydrogens (primary N) is 1. The molecular weight excluding hydrogens is 556 g/mol. The zero-order chi connectivity index (χ0) is 28.2. The van der Waals surface area contributed by atoms with Crippen molar-refractivity contribution >= 4 is 67.1 Å². The molecule has 0 aliphatic carbocycles. The van der Waals surface area contributed by atoms with Crippen LogP contribution in [0.1, 0.15) is 0 Å². The third-order valence-electron chi connectivity index (χ3n) is 5.07. The van der Waals surface area contributed by atoms with Crippen LogP contribution in [0.15, 0.2) is 97.0 Å². The Bertz CT molecular complexity index is 1730. The molecule has 0 aliphatic rings. The molecule has 4 aromatic rings. The maximum atomic E-state index is 12.2. The number of fused-ring (bicyclic) bond motifs is 1. The summed E-state index contributed by atoms with van der Waals surface area (Å²) < 4.78 is 38.7. The van der Waals surface area contributed by atoms with E-state index >= 15 is 0 Å². The zero-order valence-electron chi connectivity index (χ0n) is 19.3. The lowest BCUT2D eigenvalue weighted by Crippen LogP contribution is -2.02. The number of nitrogen functional groups attached to an aromatic ring is 1. The van der Waals surface area contributed by atoms with E-state index in [1.165, 1.54) is 24.3 Å². The number of azo groups is 2. The summed E-state index contributed by atoms with van der Waals surface area (Å²) in [7, 11) is -4.94. The first-order valence-electron chi connectivity index (χ1n) is 10.5. The molecule has 0 saturated carbocycles. The van der Waals surface area contributed by atoms with Gasteiger partial charge in [-0.3, -0.25) is 14.7 Å². The normalized spacial score (nSPS) is 12.1. The second kappa shape index (κ2) is 11.5. The lowest BCUT2D eigenvalue weighted by atomic mass is 10.1. The lowest BCUT2D eigenvalue weighted by molar-refractivity contribution is -0.432. The van der Waals surface area contributed by atoms with Crippen LogP contribution in [0.2, 0.25) is 0 Å². The third kappa shape index (κ3) is 6.14. The Hall–Kier alpha value is -4.52. The largest absolute Gasteiger partial charge is 0.505 e. The van der Waals surface area contributed by atoms with Crippen molar-refractivity contribution in [3.05, 3.63) is 76.8 Å². The molecule has 0 aliphatic heterocycles. The van der Waals surface area contributed by atoms with Crippen LogP contribution >= 0.6 is 12.0 Å². The van der Waals surface area contributed by atoms with E-state index < -0.39 is 37.1 Å². The minimum Gasteiger partial charge on any atom is -0.505 e. The predicted octanol–water partition coefficient (Wildman–Crippen LogP) is 6.54. The summed E-state index contributed by atoms with van der Waals surface area (Å²) in [6.45, 7) is 0. The summed E-state index contributed by atoms with van der Waals surface area (Å²) >= 11 is 0.410. The molecule has 5 N–H and O–H groups in total. The van der Waals surface area contributed by atoms with E-state index in [1.54, 1.807) is 30.3 Å². The van der Waals surface area contributed by atoms with Gasteiger partial charge in [-0.25, -0.2) is 5.26 Å². The lowest BCUT2D eigenvalue weighted by Gasteiger charge is -2.14. The molecule has 0 bridgehead atoms. The van der Waals surface area contributed by atoms with Gasteiger partial charge in [-0.1, -0.05) is 29.3 Å². The molecule has 0 saturated heterocycles. The molecule has 4 rings (SSSR count). The number of nitro groups is 1. The van der Waals surface area contributed by atoms with Crippen LogP contribution < -0.4 is 5.73 Å². The number of phenolic OH excluding ortho intramolecular Hbond substituents is 1. The van der Waals surface area contributed by atoms with Crippen LogP contribution in [-0.4, -0.2) is 28.3 Å². The highest BCUT2D eigenvalue weighted by molar-refractivity contribution is 7.94. The molecular formula is C22H16N6O9S2. The van der Waals surface area contributed by atoms with Crippen molar-refractivity contribution < 1.29 is 37.6 Å². The topological polar surface area (TPSA) is 232 Å². The SMILES string of the molecule is Nc1c(N=Nc2cccc([N+](=O)[O-])c2)c(S(=O)(=O)O)cc2cc(SOOO)c(N=Nc3ccccc3)c(O)c12. The molecule has 0 heterocycles. The molecule has 15 nitrogen and oxygen atoms in total. The van der Waals surface area contributed by atoms with Gasteiger partial charge in [0.15, 0.2) is 5.75 Å². The number of aromatic hydroxyl groups is 1. The summed E-state index contributed by atoms with van der Waals surface area (Å²) in [5.41, 5.74) is 5.17. The van der Waals surface area contributed by atoms with Gasteiger partial charge in [0.2, 0.25) is 0 Å². The Labute approximate surface area is 223 Å². The highest BCUT2D eigenvalue weighted by Crippen LogP contribution is 2.49. The standard InChI is InChI=1S/C22H16N6O9S2/c23-19-18-12(9-16(38-37-36-32)20(22(18)29)26-24-13-5-2-1-3-6-13)10-17(39(33,34)35)21(19)27-25-14-7-4-8-15(11-14)28(30)31/h1-11,29,32H,23H2,(H,33,34,35). The molecule has 39 heavy (non-hydrogen) atoms. The van der Waals surface area contributed by atoms with Gasteiger partial charge in [-0.2, -0.15) is 18.6 Å². The van der Waals surface area contributed by atoms with Gasteiger partial charge in [0.05, 0.1) is 44.3 Å². The van der Waals surface area contributed by atoms with Gasteiger partial charge in [0.1, 0.15) is 16.3 Å². The molecule has 0 radical (unpaired) electrons. The van der Waals surface area contributed by atoms with Gasteiger partial charge in [0.25, 0.3) is 15.8 Å². The maximum absolute atomic E-state index is 12.2. The average Bonchev–Trinajstić information content (AvgIpc) is 2.90. The minimum absolute atomic E-state index is 0.00498. The predicted molar refractivity (Wildman–Crippen MR) is 138 cm³/mol. The van der Waals surface area contributed by atoms with E-state index in [4.69, 9.17) is 11.0 Å². The third-order valence-corrected chi connectivity index (χ3v) is 6.56. The first-order valence-corrected chi connectivity index (χ1v) is 12.7. The van der Waals surface area contributed by atoms with Crippen LogP contribution in [0.25, 0.3) is 10.8 Å². The van der Waals surface area contributed by atoms with Crippen molar-refractivity contribution in [1.82, 2.24) is 0 Å². The number of hydrogen-bond donors (Lipinski definition) is 4. The molecule has 0 spiro atoms. The molecule has 17 heteroatoms. The molecule has 0 fully saturated rings. The Morgan fingerprint density at radius 3 is 2.26 bits per heavy atom. The highest BCUT2D eigenvalue weighted by atomic mass is 32.2. The molecule has 0 aromatic heterocycles. The fourth-order valence-corrected chi connectivity index (χ4v) is 4.57. The maximum Gasteiger partial charge on any atom is 0.296 e. The fraction of sp³-hybridized carbons (Fsp3) is 0. The van der Waals surface area contributed by atoms with Gasteiger partial charge in [0, 0.05) is 12.1 Å². The number of anilines is 1. The smallest absolute Gasteiger partial charge is 0.296 e. The highest BCUT2D eigenvalue weighted by Gasteiger charge is 2.25. The number of rotatable bonds is 9. The number of nitro benzene ring substituents is 1. The average molecular weight is 573 g/mol. The van der Waals surface area contributed by atoms with E-state index in [0.29, 0.717) is 17.7 Å². The van der Waals surface area contributed by atoms with Gasteiger partial charge in [-0.15, -0.1) is 14.6 Å². The quantitative estimate of drug-likeness (QED) is 0.0319.